The highest BCUT2D eigenvalue weighted by molar-refractivity contribution is 5.45. The molecule has 0 spiro atoms. The number of carbonyl (C=O) groups excluding carboxylic acids is 1. The Morgan fingerprint density at radius 3 is 2.23 bits per heavy atom. The monoisotopic (exact) mass is 191 g/mol. The maximum atomic E-state index is 9.80. The minimum Gasteiger partial charge on any atom is -0.378 e. The van der Waals surface area contributed by atoms with Gasteiger partial charge in [-0.25, -0.2) is 0 Å². The number of hydrogen-bond acceptors (Lipinski definition) is 5. The first kappa shape index (κ1) is 12.3. The van der Waals surface area contributed by atoms with Crippen LogP contribution in [0.4, 0.5) is 0 Å². The third-order valence-electron chi connectivity index (χ3n) is 1.24. The first-order valence-corrected chi connectivity index (χ1v) is 4.17. The number of nitrogens with two attached hydrogens (primary N) is 1. The molecule has 0 atom stereocenters. The van der Waals surface area contributed by atoms with E-state index in [9.17, 15) is 4.79 Å². The molecule has 0 aliphatic heterocycles. The predicted octanol–water partition coefficient (Wildman–Crippen LogP) is -1.77. The molecule has 0 saturated heterocycles. The van der Waals surface area contributed by atoms with Crippen LogP contribution in [0.25, 0.3) is 0 Å². The van der Waals surface area contributed by atoms with E-state index >= 15 is 0 Å². The highest BCUT2D eigenvalue weighted by atomic mass is 16.5. The fourth-order valence-electron chi connectivity index (χ4n) is 0.643. The molecule has 0 saturated carbocycles. The fourth-order valence-corrected chi connectivity index (χ4v) is 0.643. The number of hydrogen-bond donors (Lipinski definition) is 3. The zero-order valence-electron chi connectivity index (χ0n) is 7.62. The predicted molar refractivity (Wildman–Crippen MR) is 47.9 cm³/mol. The Kier molecular flexibility index (Phi) is 10.7. The van der Waals surface area contributed by atoms with E-state index in [0.29, 0.717) is 45.9 Å². The Labute approximate surface area is 77.7 Å². The van der Waals surface area contributed by atoms with E-state index in [1.807, 2.05) is 0 Å². The number of hydrazine groups is 1. The van der Waals surface area contributed by atoms with Gasteiger partial charge in [-0.15, -0.1) is 0 Å². The summed E-state index contributed by atoms with van der Waals surface area (Å²) in [5.74, 6) is 5.02. The van der Waals surface area contributed by atoms with Crippen LogP contribution < -0.4 is 16.6 Å². The maximum Gasteiger partial charge on any atom is 0.207 e. The van der Waals surface area contributed by atoms with Gasteiger partial charge in [0.25, 0.3) is 0 Å². The van der Waals surface area contributed by atoms with E-state index in [2.05, 4.69) is 10.7 Å². The summed E-state index contributed by atoms with van der Waals surface area (Å²) in [5.41, 5.74) is 2.47. The lowest BCUT2D eigenvalue weighted by Gasteiger charge is -2.04. The van der Waals surface area contributed by atoms with Crippen molar-refractivity contribution in [2.75, 3.05) is 39.5 Å². The molecule has 4 N–H and O–H groups in total. The SMILES string of the molecule is NNCCOCCOCCNC=O. The lowest BCUT2D eigenvalue weighted by atomic mass is 10.6. The summed E-state index contributed by atoms with van der Waals surface area (Å²) in [4.78, 5) is 9.80. The Morgan fingerprint density at radius 2 is 1.69 bits per heavy atom. The summed E-state index contributed by atoms with van der Waals surface area (Å²) in [5, 5.41) is 2.49. The van der Waals surface area contributed by atoms with Gasteiger partial charge in [0.15, 0.2) is 0 Å². The summed E-state index contributed by atoms with van der Waals surface area (Å²) in [6, 6.07) is 0. The smallest absolute Gasteiger partial charge is 0.207 e. The lowest BCUT2D eigenvalue weighted by Crippen LogP contribution is -2.27. The number of nitrogens with one attached hydrogen (secondary N) is 2. The number of rotatable bonds is 10. The van der Waals surface area contributed by atoms with Gasteiger partial charge in [-0.2, -0.15) is 0 Å². The van der Waals surface area contributed by atoms with Crippen molar-refractivity contribution in [2.24, 2.45) is 5.84 Å². The molecule has 0 bridgehead atoms. The summed E-state index contributed by atoms with van der Waals surface area (Å²) in [7, 11) is 0. The molecular formula is C7H17N3O3. The third kappa shape index (κ3) is 11.3. The van der Waals surface area contributed by atoms with Gasteiger partial charge in [0.05, 0.1) is 26.4 Å². The van der Waals surface area contributed by atoms with Crippen molar-refractivity contribution in [3.63, 3.8) is 0 Å². The molecule has 0 unspecified atom stereocenters. The van der Waals surface area contributed by atoms with Gasteiger partial charge in [-0.3, -0.25) is 16.1 Å². The van der Waals surface area contributed by atoms with Gasteiger partial charge in [-0.05, 0) is 0 Å². The zero-order chi connectivity index (χ0) is 9.78. The molecule has 0 aromatic heterocycles. The summed E-state index contributed by atoms with van der Waals surface area (Å²) >= 11 is 0. The average molecular weight is 191 g/mol. The Balaban J connectivity index is 2.79. The van der Waals surface area contributed by atoms with E-state index in [1.165, 1.54) is 0 Å². The van der Waals surface area contributed by atoms with Gasteiger partial charge in [-0.1, -0.05) is 0 Å². The normalized spacial score (nSPS) is 9.92. The van der Waals surface area contributed by atoms with E-state index < -0.39 is 0 Å². The van der Waals surface area contributed by atoms with Crippen LogP contribution in [0.2, 0.25) is 0 Å². The van der Waals surface area contributed by atoms with Crippen molar-refractivity contribution in [1.29, 1.82) is 0 Å². The highest BCUT2D eigenvalue weighted by Gasteiger charge is 1.88. The molecule has 0 rings (SSSR count). The van der Waals surface area contributed by atoms with Crippen LogP contribution in [0.3, 0.4) is 0 Å². The standard InChI is InChI=1S/C7H17N3O3/c8-10-2-4-13-6-5-12-3-1-9-7-11/h7,10H,1-6,8H2,(H,9,11). The molecule has 0 aliphatic rings. The van der Waals surface area contributed by atoms with E-state index in [1.54, 1.807) is 0 Å². The summed E-state index contributed by atoms with van der Waals surface area (Å²) in [6.07, 6.45) is 0.646. The molecule has 0 heterocycles. The Morgan fingerprint density at radius 1 is 1.08 bits per heavy atom. The van der Waals surface area contributed by atoms with Crippen molar-refractivity contribution < 1.29 is 14.3 Å². The van der Waals surface area contributed by atoms with Crippen molar-refractivity contribution >= 4 is 6.41 Å². The first-order valence-electron chi connectivity index (χ1n) is 4.17. The van der Waals surface area contributed by atoms with Crippen molar-refractivity contribution in [3.8, 4) is 0 Å². The van der Waals surface area contributed by atoms with Gasteiger partial charge in [0, 0.05) is 13.1 Å². The molecule has 6 heteroatoms. The molecule has 13 heavy (non-hydrogen) atoms. The van der Waals surface area contributed by atoms with Crippen molar-refractivity contribution in [3.05, 3.63) is 0 Å². The van der Waals surface area contributed by atoms with Crippen molar-refractivity contribution in [1.82, 2.24) is 10.7 Å². The van der Waals surface area contributed by atoms with E-state index in [0.717, 1.165) is 0 Å². The maximum absolute atomic E-state index is 9.80. The minimum atomic E-state index is 0.511. The number of ether oxygens (including phenoxy) is 2. The van der Waals surface area contributed by atoms with Crippen LogP contribution >= 0.6 is 0 Å². The van der Waals surface area contributed by atoms with Gasteiger partial charge in [0.1, 0.15) is 0 Å². The molecular weight excluding hydrogens is 174 g/mol. The molecule has 1 amide bonds. The molecule has 0 aliphatic carbocycles. The Bertz CT molecular complexity index is 113. The molecule has 0 aromatic rings. The average Bonchev–Trinajstić information content (AvgIpc) is 2.16. The molecule has 6 nitrogen and oxygen atoms in total. The van der Waals surface area contributed by atoms with Gasteiger partial charge < -0.3 is 14.8 Å². The van der Waals surface area contributed by atoms with E-state index in [-0.39, 0.29) is 0 Å². The van der Waals surface area contributed by atoms with Crippen LogP contribution in [0, 0.1) is 0 Å². The quantitative estimate of drug-likeness (QED) is 0.165. The van der Waals surface area contributed by atoms with Crippen LogP contribution in [0.5, 0.6) is 0 Å². The van der Waals surface area contributed by atoms with Crippen LogP contribution in [0.1, 0.15) is 0 Å². The molecule has 0 radical (unpaired) electrons. The highest BCUT2D eigenvalue weighted by Crippen LogP contribution is 1.76. The number of carbonyl (C=O) groups is 1. The van der Waals surface area contributed by atoms with Gasteiger partial charge >= 0.3 is 0 Å². The van der Waals surface area contributed by atoms with Crippen molar-refractivity contribution in [2.45, 2.75) is 0 Å². The lowest BCUT2D eigenvalue weighted by molar-refractivity contribution is -0.109. The van der Waals surface area contributed by atoms with E-state index in [4.69, 9.17) is 15.3 Å². The number of amides is 1. The van der Waals surface area contributed by atoms with Gasteiger partial charge in [0.2, 0.25) is 6.41 Å². The Hall–Kier alpha value is -0.690. The topological polar surface area (TPSA) is 85.6 Å². The second-order valence-electron chi connectivity index (χ2n) is 2.25. The largest absolute Gasteiger partial charge is 0.378 e. The fraction of sp³-hybridized carbons (Fsp3) is 0.857. The molecule has 0 aromatic carbocycles. The third-order valence-corrected chi connectivity index (χ3v) is 1.24. The first-order chi connectivity index (χ1) is 6.41. The molecule has 78 valence electrons. The zero-order valence-corrected chi connectivity index (χ0v) is 7.62. The second-order valence-corrected chi connectivity index (χ2v) is 2.25. The van der Waals surface area contributed by atoms with Crippen LogP contribution in [0.15, 0.2) is 0 Å². The minimum absolute atomic E-state index is 0.511. The van der Waals surface area contributed by atoms with Crippen LogP contribution in [-0.2, 0) is 14.3 Å². The summed E-state index contributed by atoms with van der Waals surface area (Å²) in [6.45, 7) is 3.33. The summed E-state index contributed by atoms with van der Waals surface area (Å²) < 4.78 is 10.2. The second kappa shape index (κ2) is 11.3. The molecule has 0 fully saturated rings. The van der Waals surface area contributed by atoms with Crippen LogP contribution in [-0.4, -0.2) is 45.9 Å².